The molecule has 2 saturated heterocycles. The molecular weight excluding hydrogens is 1350 g/mol. The number of benzene rings is 4. The van der Waals surface area contributed by atoms with Crippen LogP contribution in [0.1, 0.15) is 72.3 Å². The smallest absolute Gasteiger partial charge is 0.315 e. The largest absolute Gasteiger partial charge is 0.503 e. The Morgan fingerprint density at radius 1 is 0.500 bits per heavy atom. The van der Waals surface area contributed by atoms with E-state index in [4.69, 9.17) is 16.2 Å². The van der Waals surface area contributed by atoms with Crippen LogP contribution in [0.4, 0.5) is 22.7 Å². The number of phenols is 16. The molecule has 0 radical (unpaired) electrons. The average Bonchev–Trinajstić information content (AvgIpc) is 1.18. The fourth-order valence-electron chi connectivity index (χ4n) is 11.3. The number of carbonyl (C=O) groups excluding carboxylic acids is 5. The van der Waals surface area contributed by atoms with Crippen molar-refractivity contribution in [2.45, 2.75) is 66.2 Å². The van der Waals surface area contributed by atoms with Gasteiger partial charge >= 0.3 is 17.6 Å². The topological polar surface area (TPSA) is 821 Å². The van der Waals surface area contributed by atoms with Gasteiger partial charge in [0.05, 0.1) is 24.8 Å². The average molecular weight is 1400 g/mol. The van der Waals surface area contributed by atoms with Gasteiger partial charge in [-0.2, -0.15) is 10.2 Å². The van der Waals surface area contributed by atoms with Crippen LogP contribution in [-0.4, -0.2) is 265 Å². The number of β-amino-alcohol motifs (C(OH)–C–C–N with tert-alkyl or cyclic N) is 2. The summed E-state index contributed by atoms with van der Waals surface area (Å²) in [5, 5.41) is 345. The van der Waals surface area contributed by atoms with Gasteiger partial charge in [0.15, 0.2) is 105 Å². The predicted molar refractivity (Wildman–Crippen MR) is 296 cm³/mol. The Kier molecular flexibility index (Phi) is 15.3. The van der Waals surface area contributed by atoms with Crippen LogP contribution in [0.3, 0.4) is 0 Å². The van der Waals surface area contributed by atoms with E-state index in [1.807, 2.05) is 0 Å². The predicted octanol–water partition coefficient (Wildman–Crippen LogP) is -9.81. The maximum absolute atomic E-state index is 14.6. The first-order valence-electron chi connectivity index (χ1n) is 26.6. The van der Waals surface area contributed by atoms with E-state index < -0.39 is 271 Å². The molecule has 4 aliphatic heterocycles. The van der Waals surface area contributed by atoms with Gasteiger partial charge in [-0.25, -0.2) is 14.3 Å². The maximum atomic E-state index is 14.6. The SMILES string of the molecule is COc1c(O)c(O)c(-n2nc(C(N)=O)c3c2C(=O)N(c2c(O)c(O)c(N4C(O)C(O)(O)C(O)(O)C(O)(OCOc5c(O)c(O)c(-n6nc(C(N)=O)c7c6C(=O)N(c6c(O)c(O)c(N8CCCCC8=O)c(O)c6O)C(O)(O)C7(O)O)c(O)c5O)C4(O)O)c(O)c2O)CC3(O)O)c(O)c1O. The lowest BCUT2D eigenvalue weighted by Crippen LogP contribution is -2.90. The summed E-state index contributed by atoms with van der Waals surface area (Å²) in [4.78, 5) is 65.7. The molecule has 0 aliphatic carbocycles. The highest BCUT2D eigenvalue weighted by molar-refractivity contribution is 6.15. The van der Waals surface area contributed by atoms with Crippen molar-refractivity contribution in [3.8, 4) is 115 Å². The quantitative estimate of drug-likeness (QED) is 0.0290. The summed E-state index contributed by atoms with van der Waals surface area (Å²) in [6.07, 6.45) is -3.80. The Labute approximate surface area is 535 Å². The number of carbonyl (C=O) groups is 5. The summed E-state index contributed by atoms with van der Waals surface area (Å²) in [5.41, 5.74) is -9.05. The second kappa shape index (κ2) is 21.6. The normalized spacial score (nSPS) is 20.5. The van der Waals surface area contributed by atoms with E-state index >= 15 is 0 Å². The second-order valence-electron chi connectivity index (χ2n) is 21.7. The fraction of sp³-hybridized carbons (Fsp3) is 0.300. The molecule has 2 unspecified atom stereocenters. The molecule has 5 amide bonds. The highest BCUT2D eigenvalue weighted by Gasteiger charge is 2.82. The summed E-state index contributed by atoms with van der Waals surface area (Å²) in [6.45, 7) is -4.51. The Balaban J connectivity index is 1.03. The third kappa shape index (κ3) is 8.69. The fourth-order valence-corrected chi connectivity index (χ4v) is 11.3. The van der Waals surface area contributed by atoms with Crippen molar-refractivity contribution in [1.82, 2.24) is 19.6 Å². The number of amides is 5. The van der Waals surface area contributed by atoms with E-state index in [1.165, 1.54) is 0 Å². The summed E-state index contributed by atoms with van der Waals surface area (Å²) < 4.78 is 13.7. The van der Waals surface area contributed by atoms with Crippen molar-refractivity contribution >= 4 is 52.3 Å². The standard InChI is InChI=1S/C50H50N10O38/c1-96-37-33(74)29(70)19(30(71)34(37)75)59-13-9(11(53-59)39(51)78)44(83,84)6-56(41(13)80)16-23(64)27(68)18(28(69)24(16)65)58-43(82)46(87,88)47(89,90)48(91,50(58,94)95)98-7-97-38-35(76)31(72)20(32(73)36(38)77)60-14-10(12(54-60)40(52)79)45(85,86)49(92,93)57(42(14)81)17-25(66)21(62)15(22(63)26(17)67)55-5-3-2-4-8(55)61/h43,62-77,82-95H,2-7H2,1H3,(H2,51,78)(H2,52,79). The number of ether oxygens (including phenoxy) is 3. The number of piperidine rings is 2. The van der Waals surface area contributed by atoms with Gasteiger partial charge < -0.3 is 184 Å². The van der Waals surface area contributed by atoms with Gasteiger partial charge in [-0.3, -0.25) is 33.8 Å². The van der Waals surface area contributed by atoms with E-state index in [0.29, 0.717) is 4.90 Å². The number of methoxy groups -OCH3 is 1. The molecule has 4 aromatic carbocycles. The zero-order valence-electron chi connectivity index (χ0n) is 48.2. The first-order valence-corrected chi connectivity index (χ1v) is 26.6. The number of primary amides is 2. The van der Waals surface area contributed by atoms with Gasteiger partial charge in [0.2, 0.25) is 46.2 Å². The monoisotopic (exact) mass is 1400 g/mol. The minimum absolute atomic E-state index is 0.0981. The molecule has 4 aliphatic rings. The minimum Gasteiger partial charge on any atom is -0.503 e. The number of aromatic hydroxyl groups is 16. The van der Waals surface area contributed by atoms with Gasteiger partial charge in [-0.1, -0.05) is 0 Å². The molecule has 6 heterocycles. The molecule has 6 aromatic rings. The van der Waals surface area contributed by atoms with Crippen molar-refractivity contribution in [1.29, 1.82) is 0 Å². The second-order valence-corrected chi connectivity index (χ2v) is 21.7. The van der Waals surface area contributed by atoms with Crippen molar-refractivity contribution < 1.29 is 191 Å². The zero-order chi connectivity index (χ0) is 73.5. The molecule has 0 spiro atoms. The first kappa shape index (κ1) is 69.1. The number of aliphatic hydroxyl groups excluding tert-OH is 1. The van der Waals surface area contributed by atoms with E-state index in [9.17, 15) is 177 Å². The lowest BCUT2D eigenvalue weighted by atomic mass is 9.84. The van der Waals surface area contributed by atoms with Crippen molar-refractivity contribution in [3.63, 3.8) is 0 Å². The van der Waals surface area contributed by atoms with Crippen molar-refractivity contribution in [2.24, 2.45) is 11.5 Å². The molecule has 98 heavy (non-hydrogen) atoms. The number of nitrogens with two attached hydrogens (primary N) is 2. The van der Waals surface area contributed by atoms with Crippen LogP contribution in [0.15, 0.2) is 0 Å². The maximum Gasteiger partial charge on any atom is 0.315 e. The highest BCUT2D eigenvalue weighted by atomic mass is 16.8. The number of aromatic nitrogens is 4. The molecule has 2 fully saturated rings. The van der Waals surface area contributed by atoms with E-state index in [2.05, 4.69) is 19.7 Å². The molecule has 0 saturated carbocycles. The lowest BCUT2D eigenvalue weighted by Gasteiger charge is -2.59. The number of hydrogen-bond acceptors (Lipinski definition) is 41. The number of nitrogens with zero attached hydrogens (tertiary/aromatic N) is 8. The summed E-state index contributed by atoms with van der Waals surface area (Å²) in [5.74, 6) is -76.4. The van der Waals surface area contributed by atoms with Gasteiger partial charge in [0.25, 0.3) is 41.0 Å². The number of anilines is 4. The molecule has 2 atom stereocenters. The minimum atomic E-state index is -5.33. The third-order valence-corrected chi connectivity index (χ3v) is 16.2. The number of rotatable bonds is 13. The van der Waals surface area contributed by atoms with Crippen LogP contribution in [0, 0.1) is 0 Å². The molecule has 34 N–H and O–H groups in total. The van der Waals surface area contributed by atoms with Crippen LogP contribution in [0.25, 0.3) is 11.4 Å². The van der Waals surface area contributed by atoms with E-state index in [0.717, 1.165) is 7.11 Å². The number of phenolic OH excluding ortho intramolecular Hbond substituents is 16. The first-order chi connectivity index (χ1) is 45.1. The van der Waals surface area contributed by atoms with Crippen LogP contribution < -0.4 is 40.5 Å². The molecule has 0 bridgehead atoms. The molecular formula is C50H50N10O38. The number of hydrogen-bond donors (Lipinski definition) is 32. The van der Waals surface area contributed by atoms with Crippen LogP contribution >= 0.6 is 0 Å². The Morgan fingerprint density at radius 3 is 1.34 bits per heavy atom. The summed E-state index contributed by atoms with van der Waals surface area (Å²) in [6, 6.07) is 0. The van der Waals surface area contributed by atoms with Crippen molar-refractivity contribution in [3.05, 3.63) is 33.9 Å². The molecule has 48 nitrogen and oxygen atoms in total. The van der Waals surface area contributed by atoms with Gasteiger partial charge in [-0.05, 0) is 12.8 Å². The summed E-state index contributed by atoms with van der Waals surface area (Å²) in [7, 11) is 0.799. The Hall–Kier alpha value is -11.7. The van der Waals surface area contributed by atoms with Crippen LogP contribution in [0.2, 0.25) is 0 Å². The zero-order valence-corrected chi connectivity index (χ0v) is 48.2. The van der Waals surface area contributed by atoms with Crippen LogP contribution in [-0.2, 0) is 21.1 Å². The highest BCUT2D eigenvalue weighted by Crippen LogP contribution is 2.64. The van der Waals surface area contributed by atoms with Gasteiger partial charge in [-0.15, -0.1) is 0 Å². The third-order valence-electron chi connectivity index (χ3n) is 16.2. The van der Waals surface area contributed by atoms with Crippen LogP contribution in [0.5, 0.6) is 103 Å². The number of aliphatic hydroxyl groups is 14. The molecule has 10 rings (SSSR count). The Morgan fingerprint density at radius 2 is 0.898 bits per heavy atom. The van der Waals surface area contributed by atoms with Gasteiger partial charge in [0, 0.05) is 13.0 Å². The molecule has 48 heteroatoms. The number of fused-ring (bicyclic) bond motifs is 2. The summed E-state index contributed by atoms with van der Waals surface area (Å²) >= 11 is 0. The lowest BCUT2D eigenvalue weighted by molar-refractivity contribution is -0.547. The van der Waals surface area contributed by atoms with Crippen molar-refractivity contribution in [2.75, 3.05) is 46.6 Å². The van der Waals surface area contributed by atoms with Gasteiger partial charge in [0.1, 0.15) is 34.1 Å². The Bertz CT molecular complexity index is 4420. The molecule has 2 aromatic heterocycles. The van der Waals surface area contributed by atoms with E-state index in [-0.39, 0.29) is 40.1 Å². The van der Waals surface area contributed by atoms with E-state index in [1.54, 1.807) is 0 Å². The molecule has 528 valence electrons.